The molecule has 0 saturated heterocycles. The Balaban J connectivity index is 1.73. The van der Waals surface area contributed by atoms with E-state index in [4.69, 9.17) is 0 Å². The van der Waals surface area contributed by atoms with Gasteiger partial charge in [0.2, 0.25) is 0 Å². The Kier molecular flexibility index (Phi) is 3.39. The van der Waals surface area contributed by atoms with Gasteiger partial charge in [-0.15, -0.1) is 11.3 Å². The average molecular weight is 286 g/mol. The van der Waals surface area contributed by atoms with E-state index < -0.39 is 0 Å². The maximum Gasteiger partial charge on any atom is 0.272 e. The van der Waals surface area contributed by atoms with E-state index in [0.717, 1.165) is 28.3 Å². The molecular formula is C14H14N4OS. The first kappa shape index (κ1) is 12.7. The van der Waals surface area contributed by atoms with Crippen LogP contribution in [-0.2, 0) is 0 Å². The molecule has 2 aromatic heterocycles. The van der Waals surface area contributed by atoms with Crippen molar-refractivity contribution in [3.8, 4) is 0 Å². The molecule has 0 radical (unpaired) electrons. The van der Waals surface area contributed by atoms with E-state index in [1.165, 1.54) is 11.3 Å². The normalized spacial score (nSPS) is 10.7. The zero-order valence-electron chi connectivity index (χ0n) is 10.9. The van der Waals surface area contributed by atoms with Crippen LogP contribution >= 0.6 is 11.3 Å². The van der Waals surface area contributed by atoms with Gasteiger partial charge in [0.25, 0.3) is 5.91 Å². The molecule has 0 aliphatic carbocycles. The molecule has 102 valence electrons. The SMILES string of the molecule is CCNc1ccc(NC(=O)c2cc3scnc3[nH]2)cc1. The predicted octanol–water partition coefficient (Wildman–Crippen LogP) is 3.31. The van der Waals surface area contributed by atoms with E-state index >= 15 is 0 Å². The van der Waals surface area contributed by atoms with Crippen molar-refractivity contribution < 1.29 is 4.79 Å². The second-order valence-electron chi connectivity index (χ2n) is 4.31. The molecule has 0 fully saturated rings. The third kappa shape index (κ3) is 2.50. The molecule has 20 heavy (non-hydrogen) atoms. The molecule has 2 heterocycles. The highest BCUT2D eigenvalue weighted by Gasteiger charge is 2.11. The zero-order valence-corrected chi connectivity index (χ0v) is 11.8. The number of benzene rings is 1. The van der Waals surface area contributed by atoms with Crippen LogP contribution in [0.15, 0.2) is 35.8 Å². The predicted molar refractivity (Wildman–Crippen MR) is 82.5 cm³/mol. The largest absolute Gasteiger partial charge is 0.385 e. The van der Waals surface area contributed by atoms with Crippen molar-refractivity contribution in [3.05, 3.63) is 41.5 Å². The molecule has 0 atom stereocenters. The Morgan fingerprint density at radius 1 is 1.30 bits per heavy atom. The molecule has 3 aromatic rings. The lowest BCUT2D eigenvalue weighted by Crippen LogP contribution is -2.12. The molecule has 1 aromatic carbocycles. The summed E-state index contributed by atoms with van der Waals surface area (Å²) in [5.41, 5.74) is 4.83. The minimum Gasteiger partial charge on any atom is -0.385 e. The number of nitrogens with zero attached hydrogens (tertiary/aromatic N) is 1. The summed E-state index contributed by atoms with van der Waals surface area (Å²) in [7, 11) is 0. The molecule has 0 aliphatic rings. The van der Waals surface area contributed by atoms with Crippen molar-refractivity contribution in [1.82, 2.24) is 9.97 Å². The van der Waals surface area contributed by atoms with Gasteiger partial charge < -0.3 is 15.6 Å². The van der Waals surface area contributed by atoms with Crippen LogP contribution < -0.4 is 10.6 Å². The standard InChI is InChI=1S/C14H14N4OS/c1-2-15-9-3-5-10(6-4-9)17-14(19)11-7-12-13(18-11)16-8-20-12/h3-8,15,18H,2H2,1H3,(H,17,19). The van der Waals surface area contributed by atoms with Crippen LogP contribution in [0, 0.1) is 0 Å². The van der Waals surface area contributed by atoms with Crippen molar-refractivity contribution in [2.45, 2.75) is 6.92 Å². The minimum absolute atomic E-state index is 0.161. The number of thiazole rings is 1. The molecule has 0 unspecified atom stereocenters. The second-order valence-corrected chi connectivity index (χ2v) is 5.20. The smallest absolute Gasteiger partial charge is 0.272 e. The average Bonchev–Trinajstić information content (AvgIpc) is 3.02. The lowest BCUT2D eigenvalue weighted by molar-refractivity contribution is 0.102. The minimum atomic E-state index is -0.161. The number of carbonyl (C=O) groups excluding carboxylic acids is 1. The third-order valence-corrected chi connectivity index (χ3v) is 3.67. The number of fused-ring (bicyclic) bond motifs is 1. The number of anilines is 2. The molecule has 3 rings (SSSR count). The van der Waals surface area contributed by atoms with E-state index in [-0.39, 0.29) is 5.91 Å². The van der Waals surface area contributed by atoms with Gasteiger partial charge in [-0.3, -0.25) is 4.79 Å². The van der Waals surface area contributed by atoms with Gasteiger partial charge in [0.05, 0.1) is 10.2 Å². The number of rotatable bonds is 4. The highest BCUT2D eigenvalue weighted by atomic mass is 32.1. The van der Waals surface area contributed by atoms with E-state index in [0.29, 0.717) is 5.69 Å². The first-order chi connectivity index (χ1) is 9.76. The molecule has 0 bridgehead atoms. The number of aromatic amines is 1. The van der Waals surface area contributed by atoms with Gasteiger partial charge in [-0.2, -0.15) is 0 Å². The summed E-state index contributed by atoms with van der Waals surface area (Å²) in [6.45, 7) is 2.92. The van der Waals surface area contributed by atoms with Crippen molar-refractivity contribution >= 4 is 39.0 Å². The fourth-order valence-corrected chi connectivity index (χ4v) is 2.62. The number of H-pyrrole nitrogens is 1. The van der Waals surface area contributed by atoms with Crippen LogP contribution in [0.25, 0.3) is 10.3 Å². The lowest BCUT2D eigenvalue weighted by Gasteiger charge is -2.06. The van der Waals surface area contributed by atoms with Gasteiger partial charge in [0.15, 0.2) is 0 Å². The quantitative estimate of drug-likeness (QED) is 0.689. The van der Waals surface area contributed by atoms with E-state index in [2.05, 4.69) is 20.6 Å². The first-order valence-corrected chi connectivity index (χ1v) is 7.21. The van der Waals surface area contributed by atoms with Crippen LogP contribution in [0.2, 0.25) is 0 Å². The van der Waals surface area contributed by atoms with Crippen LogP contribution in [0.3, 0.4) is 0 Å². The topological polar surface area (TPSA) is 69.8 Å². The molecule has 0 aliphatic heterocycles. The van der Waals surface area contributed by atoms with Gasteiger partial charge in [-0.1, -0.05) is 0 Å². The van der Waals surface area contributed by atoms with Gasteiger partial charge in [0.1, 0.15) is 11.3 Å². The van der Waals surface area contributed by atoms with Crippen LogP contribution in [0.4, 0.5) is 11.4 Å². The lowest BCUT2D eigenvalue weighted by atomic mass is 10.2. The van der Waals surface area contributed by atoms with Crippen LogP contribution in [0.5, 0.6) is 0 Å². The van der Waals surface area contributed by atoms with Gasteiger partial charge in [-0.05, 0) is 37.3 Å². The van der Waals surface area contributed by atoms with Gasteiger partial charge >= 0.3 is 0 Å². The number of amides is 1. The Bertz CT molecular complexity index is 701. The second kappa shape index (κ2) is 5.34. The molecular weight excluding hydrogens is 272 g/mol. The Labute approximate surface area is 120 Å². The molecule has 6 heteroatoms. The molecule has 1 amide bonds. The van der Waals surface area contributed by atoms with Crippen molar-refractivity contribution in [2.24, 2.45) is 0 Å². The van der Waals surface area contributed by atoms with Gasteiger partial charge in [-0.25, -0.2) is 4.98 Å². The zero-order chi connectivity index (χ0) is 13.9. The third-order valence-electron chi connectivity index (χ3n) is 2.89. The monoisotopic (exact) mass is 286 g/mol. The van der Waals surface area contributed by atoms with E-state index in [1.807, 2.05) is 37.3 Å². The first-order valence-electron chi connectivity index (χ1n) is 6.34. The summed E-state index contributed by atoms with van der Waals surface area (Å²) < 4.78 is 0.984. The van der Waals surface area contributed by atoms with Gasteiger partial charge in [0, 0.05) is 17.9 Å². The van der Waals surface area contributed by atoms with Crippen molar-refractivity contribution in [2.75, 3.05) is 17.2 Å². The molecule has 0 spiro atoms. The Morgan fingerprint density at radius 3 is 2.75 bits per heavy atom. The maximum absolute atomic E-state index is 12.1. The fraction of sp³-hybridized carbons (Fsp3) is 0.143. The Hall–Kier alpha value is -2.34. The molecule has 0 saturated carbocycles. The summed E-state index contributed by atoms with van der Waals surface area (Å²) in [5, 5.41) is 6.07. The summed E-state index contributed by atoms with van der Waals surface area (Å²) >= 11 is 1.51. The number of nitrogens with one attached hydrogen (secondary N) is 3. The van der Waals surface area contributed by atoms with Crippen LogP contribution in [-0.4, -0.2) is 22.4 Å². The summed E-state index contributed by atoms with van der Waals surface area (Å²) in [6.07, 6.45) is 0. The summed E-state index contributed by atoms with van der Waals surface area (Å²) in [5.74, 6) is -0.161. The van der Waals surface area contributed by atoms with Crippen LogP contribution in [0.1, 0.15) is 17.4 Å². The highest BCUT2D eigenvalue weighted by molar-refractivity contribution is 7.16. The summed E-state index contributed by atoms with van der Waals surface area (Å²) in [4.78, 5) is 19.2. The van der Waals surface area contributed by atoms with Crippen molar-refractivity contribution in [3.63, 3.8) is 0 Å². The number of aromatic nitrogens is 2. The fourth-order valence-electron chi connectivity index (χ4n) is 1.94. The highest BCUT2D eigenvalue weighted by Crippen LogP contribution is 2.20. The summed E-state index contributed by atoms with van der Waals surface area (Å²) in [6, 6.07) is 9.44. The number of hydrogen-bond acceptors (Lipinski definition) is 4. The molecule has 3 N–H and O–H groups in total. The van der Waals surface area contributed by atoms with E-state index in [1.54, 1.807) is 5.51 Å². The number of hydrogen-bond donors (Lipinski definition) is 3. The molecule has 5 nitrogen and oxygen atoms in total. The number of carbonyl (C=O) groups is 1. The maximum atomic E-state index is 12.1. The van der Waals surface area contributed by atoms with E-state index in [9.17, 15) is 4.79 Å². The Morgan fingerprint density at radius 2 is 2.05 bits per heavy atom. The van der Waals surface area contributed by atoms with Crippen molar-refractivity contribution in [1.29, 1.82) is 0 Å².